The number of ether oxygens (including phenoxy) is 2. The number of hydrogen-bond donors (Lipinski definition) is 1. The van der Waals surface area contributed by atoms with Gasteiger partial charge < -0.3 is 19.7 Å². The van der Waals surface area contributed by atoms with E-state index in [2.05, 4.69) is 5.32 Å². The maximum absolute atomic E-state index is 12.4. The van der Waals surface area contributed by atoms with E-state index in [0.29, 0.717) is 29.5 Å². The van der Waals surface area contributed by atoms with Crippen LogP contribution in [0.25, 0.3) is 0 Å². The quantitative estimate of drug-likeness (QED) is 0.910. The van der Waals surface area contributed by atoms with E-state index < -0.39 is 0 Å². The van der Waals surface area contributed by atoms with Crippen LogP contribution in [0.3, 0.4) is 0 Å². The Morgan fingerprint density at radius 2 is 2.24 bits per heavy atom. The lowest BCUT2D eigenvalue weighted by atomic mass is 10.1. The van der Waals surface area contributed by atoms with E-state index in [1.165, 1.54) is 7.11 Å². The van der Waals surface area contributed by atoms with Gasteiger partial charge in [-0.1, -0.05) is 17.7 Å². The molecule has 1 aromatic rings. The van der Waals surface area contributed by atoms with Crippen molar-refractivity contribution < 1.29 is 14.3 Å². The van der Waals surface area contributed by atoms with E-state index in [1.807, 2.05) is 20.8 Å². The highest BCUT2D eigenvalue weighted by atomic mass is 35.5. The average Bonchev–Trinajstić information content (AvgIpc) is 2.36. The first-order valence-corrected chi connectivity index (χ1v) is 7.26. The van der Waals surface area contributed by atoms with Crippen molar-refractivity contribution in [3.8, 4) is 5.75 Å². The lowest BCUT2D eigenvalue weighted by Crippen LogP contribution is -2.54. The van der Waals surface area contributed by atoms with E-state index in [4.69, 9.17) is 21.1 Å². The molecule has 1 aromatic carbocycles. The number of nitrogens with zero attached hydrogens (tertiary/aromatic N) is 1. The number of nitrogens with one attached hydrogen (secondary N) is 1. The third kappa shape index (κ3) is 3.80. The Balaban J connectivity index is 2.13. The Morgan fingerprint density at radius 1 is 1.52 bits per heavy atom. The fourth-order valence-electron chi connectivity index (χ4n) is 2.62. The van der Waals surface area contributed by atoms with Gasteiger partial charge in [0.05, 0.1) is 36.1 Å². The van der Waals surface area contributed by atoms with Crippen LogP contribution in [0.4, 0.5) is 10.5 Å². The molecule has 1 aliphatic rings. The number of carbonyl (C=O) groups is 1. The highest BCUT2D eigenvalue weighted by molar-refractivity contribution is 6.32. The van der Waals surface area contributed by atoms with Gasteiger partial charge in [-0.25, -0.2) is 4.79 Å². The van der Waals surface area contributed by atoms with Gasteiger partial charge in [0.15, 0.2) is 5.75 Å². The Bertz CT molecular complexity index is 534. The lowest BCUT2D eigenvalue weighted by Gasteiger charge is -2.41. The molecule has 2 rings (SSSR count). The summed E-state index contributed by atoms with van der Waals surface area (Å²) in [5.41, 5.74) is 0.208. The Kier molecular flexibility index (Phi) is 4.64. The van der Waals surface area contributed by atoms with Crippen LogP contribution in [0.1, 0.15) is 20.8 Å². The molecule has 0 saturated carbocycles. The van der Waals surface area contributed by atoms with Crippen LogP contribution < -0.4 is 10.1 Å². The Hall–Kier alpha value is -1.46. The summed E-state index contributed by atoms with van der Waals surface area (Å²) in [6.07, 6.45) is 0.000701. The van der Waals surface area contributed by atoms with Gasteiger partial charge in [0.25, 0.3) is 0 Å². The number of morpholine rings is 1. The second-order valence-corrected chi connectivity index (χ2v) is 6.23. The molecule has 1 unspecified atom stereocenters. The van der Waals surface area contributed by atoms with Crippen LogP contribution in [0.2, 0.25) is 5.02 Å². The number of amides is 2. The summed E-state index contributed by atoms with van der Waals surface area (Å²) in [5, 5.41) is 3.32. The summed E-state index contributed by atoms with van der Waals surface area (Å²) in [6.45, 7) is 7.00. The molecule has 2 amide bonds. The largest absolute Gasteiger partial charge is 0.493 e. The standard InChI is InChI=1S/C15H21ClN2O3/c1-10-8-18(9-15(2,3)21-10)14(19)17-12-7-5-6-11(16)13(12)20-4/h5-7,10H,8-9H2,1-4H3,(H,17,19). The van der Waals surface area contributed by atoms with Crippen molar-refractivity contribution >= 4 is 23.3 Å². The first-order valence-electron chi connectivity index (χ1n) is 6.88. The number of anilines is 1. The summed E-state index contributed by atoms with van der Waals surface area (Å²) in [7, 11) is 1.52. The number of hydrogen-bond acceptors (Lipinski definition) is 3. The Labute approximate surface area is 130 Å². The number of halogens is 1. The van der Waals surface area contributed by atoms with Crippen molar-refractivity contribution in [3.63, 3.8) is 0 Å². The van der Waals surface area contributed by atoms with E-state index >= 15 is 0 Å². The van der Waals surface area contributed by atoms with Crippen molar-refractivity contribution in [2.45, 2.75) is 32.5 Å². The monoisotopic (exact) mass is 312 g/mol. The molecule has 1 aliphatic heterocycles. The molecule has 0 aliphatic carbocycles. The maximum atomic E-state index is 12.4. The number of methoxy groups -OCH3 is 1. The van der Waals surface area contributed by atoms with Crippen LogP contribution in [-0.4, -0.2) is 42.8 Å². The highest BCUT2D eigenvalue weighted by Crippen LogP contribution is 2.33. The molecule has 0 bridgehead atoms. The number of carbonyl (C=O) groups excluding carboxylic acids is 1. The van der Waals surface area contributed by atoms with Gasteiger partial charge in [0, 0.05) is 6.54 Å². The van der Waals surface area contributed by atoms with E-state index in [-0.39, 0.29) is 17.7 Å². The van der Waals surface area contributed by atoms with Crippen LogP contribution in [-0.2, 0) is 4.74 Å². The summed E-state index contributed by atoms with van der Waals surface area (Å²) < 4.78 is 11.0. The first kappa shape index (κ1) is 15.9. The van der Waals surface area contributed by atoms with Crippen molar-refractivity contribution in [2.75, 3.05) is 25.5 Å². The molecule has 116 valence electrons. The highest BCUT2D eigenvalue weighted by Gasteiger charge is 2.33. The Morgan fingerprint density at radius 3 is 2.86 bits per heavy atom. The van der Waals surface area contributed by atoms with Gasteiger partial charge in [-0.3, -0.25) is 0 Å². The van der Waals surface area contributed by atoms with E-state index in [1.54, 1.807) is 23.1 Å². The number of rotatable bonds is 2. The lowest BCUT2D eigenvalue weighted by molar-refractivity contribution is -0.116. The molecule has 0 radical (unpaired) electrons. The molecular formula is C15H21ClN2O3. The van der Waals surface area contributed by atoms with Gasteiger partial charge in [-0.15, -0.1) is 0 Å². The smallest absolute Gasteiger partial charge is 0.322 e. The molecule has 1 fully saturated rings. The van der Waals surface area contributed by atoms with Crippen LogP contribution in [0, 0.1) is 0 Å². The van der Waals surface area contributed by atoms with Crippen molar-refractivity contribution in [1.82, 2.24) is 4.90 Å². The molecule has 21 heavy (non-hydrogen) atoms. The molecule has 1 N–H and O–H groups in total. The number of benzene rings is 1. The van der Waals surface area contributed by atoms with Crippen LogP contribution in [0.5, 0.6) is 5.75 Å². The van der Waals surface area contributed by atoms with Gasteiger partial charge in [-0.2, -0.15) is 0 Å². The molecule has 0 spiro atoms. The predicted molar refractivity (Wildman–Crippen MR) is 83.2 cm³/mol. The zero-order chi connectivity index (χ0) is 15.6. The van der Waals surface area contributed by atoms with Crippen molar-refractivity contribution in [3.05, 3.63) is 23.2 Å². The van der Waals surface area contributed by atoms with Gasteiger partial charge in [-0.05, 0) is 32.9 Å². The third-order valence-electron chi connectivity index (χ3n) is 3.27. The van der Waals surface area contributed by atoms with Crippen LogP contribution >= 0.6 is 11.6 Å². The fourth-order valence-corrected chi connectivity index (χ4v) is 2.87. The topological polar surface area (TPSA) is 50.8 Å². The predicted octanol–water partition coefficient (Wildman–Crippen LogP) is 3.38. The average molecular weight is 313 g/mol. The molecule has 1 saturated heterocycles. The normalized spacial score (nSPS) is 21.0. The second-order valence-electron chi connectivity index (χ2n) is 5.82. The maximum Gasteiger partial charge on any atom is 0.322 e. The van der Waals surface area contributed by atoms with Crippen molar-refractivity contribution in [2.24, 2.45) is 0 Å². The molecule has 0 aromatic heterocycles. The summed E-state index contributed by atoms with van der Waals surface area (Å²) in [4.78, 5) is 14.2. The SMILES string of the molecule is COc1c(Cl)cccc1NC(=O)N1CC(C)OC(C)(C)C1. The summed E-state index contributed by atoms with van der Waals surface area (Å²) in [5.74, 6) is 0.466. The minimum absolute atomic E-state index is 0.000701. The van der Waals surface area contributed by atoms with E-state index in [9.17, 15) is 4.79 Å². The minimum Gasteiger partial charge on any atom is -0.493 e. The minimum atomic E-state index is -0.354. The first-order chi connectivity index (χ1) is 9.82. The molecule has 6 heteroatoms. The number of urea groups is 1. The zero-order valence-electron chi connectivity index (χ0n) is 12.8. The number of para-hydroxylation sites is 1. The summed E-state index contributed by atoms with van der Waals surface area (Å²) in [6, 6.07) is 5.07. The van der Waals surface area contributed by atoms with Gasteiger partial charge in [0.1, 0.15) is 0 Å². The molecule has 1 atom stereocenters. The molecular weight excluding hydrogens is 292 g/mol. The fraction of sp³-hybridized carbons (Fsp3) is 0.533. The molecule has 1 heterocycles. The third-order valence-corrected chi connectivity index (χ3v) is 3.57. The van der Waals surface area contributed by atoms with Gasteiger partial charge in [0.2, 0.25) is 0 Å². The van der Waals surface area contributed by atoms with Crippen molar-refractivity contribution in [1.29, 1.82) is 0 Å². The second kappa shape index (κ2) is 6.12. The zero-order valence-corrected chi connectivity index (χ0v) is 13.5. The molecule has 5 nitrogen and oxygen atoms in total. The van der Waals surface area contributed by atoms with E-state index in [0.717, 1.165) is 0 Å². The van der Waals surface area contributed by atoms with Gasteiger partial charge >= 0.3 is 6.03 Å². The summed E-state index contributed by atoms with van der Waals surface area (Å²) >= 11 is 6.06. The van der Waals surface area contributed by atoms with Crippen LogP contribution in [0.15, 0.2) is 18.2 Å².